The van der Waals surface area contributed by atoms with Crippen molar-refractivity contribution in [2.45, 2.75) is 31.2 Å². The van der Waals surface area contributed by atoms with Crippen LogP contribution in [0.3, 0.4) is 0 Å². The zero-order chi connectivity index (χ0) is 11.9. The van der Waals surface area contributed by atoms with Crippen LogP contribution in [0.1, 0.15) is 24.8 Å². The van der Waals surface area contributed by atoms with E-state index in [-0.39, 0.29) is 5.54 Å². The lowest BCUT2D eigenvalue weighted by Gasteiger charge is -2.06. The molecule has 2 aromatic heterocycles. The number of nitrogens with zero attached hydrogens (tertiary/aromatic N) is 2. The fraction of sp³-hybridized carbons (Fsp3) is 0.500. The standard InChI is InChI=1S/C12H16N4O/c1-17-9-7-15-11-10(16-9)8(6-14-11)2-3-12(13)4-5-12/h6-7H,2-5,13H2,1H3,(H,14,15). The van der Waals surface area contributed by atoms with Gasteiger partial charge >= 0.3 is 0 Å². The Morgan fingerprint density at radius 2 is 2.35 bits per heavy atom. The molecule has 3 N–H and O–H groups in total. The van der Waals surface area contributed by atoms with Gasteiger partial charge in [-0.1, -0.05) is 0 Å². The summed E-state index contributed by atoms with van der Waals surface area (Å²) in [6.45, 7) is 0. The second-order valence-corrected chi connectivity index (χ2v) is 4.79. The summed E-state index contributed by atoms with van der Waals surface area (Å²) in [5, 5.41) is 0. The highest BCUT2D eigenvalue weighted by molar-refractivity contribution is 5.75. The van der Waals surface area contributed by atoms with Gasteiger partial charge in [0.1, 0.15) is 5.52 Å². The summed E-state index contributed by atoms with van der Waals surface area (Å²) in [6, 6.07) is 0. The minimum atomic E-state index is 0.0793. The first-order valence-corrected chi connectivity index (χ1v) is 5.86. The Labute approximate surface area is 99.4 Å². The Bertz CT molecular complexity index is 544. The molecule has 5 heteroatoms. The molecule has 0 spiro atoms. The number of nitrogens with two attached hydrogens (primary N) is 1. The van der Waals surface area contributed by atoms with Crippen molar-refractivity contribution in [2.24, 2.45) is 5.73 Å². The van der Waals surface area contributed by atoms with Gasteiger partial charge in [-0.3, -0.25) is 0 Å². The summed E-state index contributed by atoms with van der Waals surface area (Å²) in [6.07, 6.45) is 7.83. The van der Waals surface area contributed by atoms with Gasteiger partial charge in [0.2, 0.25) is 5.88 Å². The number of ether oxygens (including phenoxy) is 1. The van der Waals surface area contributed by atoms with Crippen molar-refractivity contribution < 1.29 is 4.74 Å². The van der Waals surface area contributed by atoms with Crippen molar-refractivity contribution in [1.82, 2.24) is 15.0 Å². The monoisotopic (exact) mass is 232 g/mol. The molecule has 0 bridgehead atoms. The van der Waals surface area contributed by atoms with Crippen molar-refractivity contribution in [3.8, 4) is 5.88 Å². The van der Waals surface area contributed by atoms with E-state index >= 15 is 0 Å². The second-order valence-electron chi connectivity index (χ2n) is 4.79. The average Bonchev–Trinajstić information content (AvgIpc) is 2.95. The molecule has 2 heterocycles. The number of hydrogen-bond acceptors (Lipinski definition) is 4. The molecule has 1 saturated carbocycles. The van der Waals surface area contributed by atoms with Gasteiger partial charge in [-0.05, 0) is 31.2 Å². The molecule has 0 atom stereocenters. The Hall–Kier alpha value is -1.62. The zero-order valence-corrected chi connectivity index (χ0v) is 9.86. The fourth-order valence-corrected chi connectivity index (χ4v) is 2.01. The molecular weight excluding hydrogens is 216 g/mol. The molecule has 5 nitrogen and oxygen atoms in total. The van der Waals surface area contributed by atoms with Crippen molar-refractivity contribution in [3.05, 3.63) is 18.0 Å². The molecule has 17 heavy (non-hydrogen) atoms. The summed E-state index contributed by atoms with van der Waals surface area (Å²) in [7, 11) is 1.60. The number of rotatable bonds is 4. The average molecular weight is 232 g/mol. The lowest BCUT2D eigenvalue weighted by atomic mass is 10.1. The van der Waals surface area contributed by atoms with Crippen LogP contribution in [-0.4, -0.2) is 27.6 Å². The Morgan fingerprint density at radius 1 is 1.53 bits per heavy atom. The Balaban J connectivity index is 1.87. The van der Waals surface area contributed by atoms with Crippen LogP contribution in [0.4, 0.5) is 0 Å². The zero-order valence-electron chi connectivity index (χ0n) is 9.86. The van der Waals surface area contributed by atoms with Gasteiger partial charge in [0.25, 0.3) is 0 Å². The molecule has 0 amide bonds. The van der Waals surface area contributed by atoms with Crippen LogP contribution < -0.4 is 10.5 Å². The molecule has 90 valence electrons. The topological polar surface area (TPSA) is 76.8 Å². The van der Waals surface area contributed by atoms with Gasteiger partial charge < -0.3 is 15.5 Å². The SMILES string of the molecule is COc1cnc2[nH]cc(CCC3(N)CC3)c2n1. The van der Waals surface area contributed by atoms with E-state index in [1.54, 1.807) is 13.3 Å². The van der Waals surface area contributed by atoms with Crippen molar-refractivity contribution in [2.75, 3.05) is 7.11 Å². The predicted molar refractivity (Wildman–Crippen MR) is 64.9 cm³/mol. The summed E-state index contributed by atoms with van der Waals surface area (Å²) in [5.74, 6) is 0.548. The first-order valence-electron chi connectivity index (χ1n) is 5.86. The quantitative estimate of drug-likeness (QED) is 0.835. The number of aryl methyl sites for hydroxylation is 1. The molecule has 0 saturated heterocycles. The first kappa shape index (κ1) is 10.5. The molecule has 0 aliphatic heterocycles. The number of hydrogen-bond donors (Lipinski definition) is 2. The smallest absolute Gasteiger partial charge is 0.232 e. The largest absolute Gasteiger partial charge is 0.480 e. The van der Waals surface area contributed by atoms with E-state index in [0.717, 1.165) is 36.8 Å². The minimum absolute atomic E-state index is 0.0793. The van der Waals surface area contributed by atoms with Crippen LogP contribution in [0.15, 0.2) is 12.4 Å². The third-order valence-corrected chi connectivity index (χ3v) is 3.43. The number of fused-ring (bicyclic) bond motifs is 1. The molecule has 1 aliphatic carbocycles. The van der Waals surface area contributed by atoms with Gasteiger partial charge in [-0.15, -0.1) is 0 Å². The van der Waals surface area contributed by atoms with Gasteiger partial charge in [0, 0.05) is 11.7 Å². The molecule has 1 aliphatic rings. The van der Waals surface area contributed by atoms with Crippen molar-refractivity contribution in [3.63, 3.8) is 0 Å². The second kappa shape index (κ2) is 3.70. The highest BCUT2D eigenvalue weighted by atomic mass is 16.5. The molecule has 0 aromatic carbocycles. The summed E-state index contributed by atoms with van der Waals surface area (Å²) in [4.78, 5) is 11.8. The maximum Gasteiger partial charge on any atom is 0.232 e. The third kappa shape index (κ3) is 1.98. The van der Waals surface area contributed by atoms with Crippen LogP contribution in [-0.2, 0) is 6.42 Å². The lowest BCUT2D eigenvalue weighted by Crippen LogP contribution is -2.22. The molecule has 0 radical (unpaired) electrons. The molecular formula is C12H16N4O. The molecule has 3 rings (SSSR count). The minimum Gasteiger partial charge on any atom is -0.480 e. The normalized spacial score (nSPS) is 17.3. The van der Waals surface area contributed by atoms with E-state index in [1.807, 2.05) is 6.20 Å². The number of aromatic nitrogens is 3. The number of aromatic amines is 1. The molecule has 2 aromatic rings. The first-order chi connectivity index (χ1) is 8.20. The summed E-state index contributed by atoms with van der Waals surface area (Å²) < 4.78 is 5.09. The lowest BCUT2D eigenvalue weighted by molar-refractivity contribution is 0.397. The fourth-order valence-electron chi connectivity index (χ4n) is 2.01. The Kier molecular flexibility index (Phi) is 2.29. The van der Waals surface area contributed by atoms with E-state index in [4.69, 9.17) is 10.5 Å². The summed E-state index contributed by atoms with van der Waals surface area (Å²) in [5.41, 5.74) is 9.05. The number of methoxy groups -OCH3 is 1. The van der Waals surface area contributed by atoms with E-state index in [2.05, 4.69) is 15.0 Å². The van der Waals surface area contributed by atoms with E-state index in [0.29, 0.717) is 5.88 Å². The highest BCUT2D eigenvalue weighted by Gasteiger charge is 2.37. The van der Waals surface area contributed by atoms with Crippen LogP contribution in [0.2, 0.25) is 0 Å². The third-order valence-electron chi connectivity index (χ3n) is 3.43. The maximum atomic E-state index is 6.09. The van der Waals surface area contributed by atoms with Crippen LogP contribution in [0, 0.1) is 0 Å². The van der Waals surface area contributed by atoms with E-state index in [1.165, 1.54) is 5.56 Å². The van der Waals surface area contributed by atoms with Crippen LogP contribution in [0.25, 0.3) is 11.2 Å². The predicted octanol–water partition coefficient (Wildman–Crippen LogP) is 1.39. The van der Waals surface area contributed by atoms with E-state index in [9.17, 15) is 0 Å². The van der Waals surface area contributed by atoms with Crippen LogP contribution >= 0.6 is 0 Å². The molecule has 1 fully saturated rings. The van der Waals surface area contributed by atoms with Crippen molar-refractivity contribution >= 4 is 11.2 Å². The Morgan fingerprint density at radius 3 is 3.06 bits per heavy atom. The van der Waals surface area contributed by atoms with E-state index < -0.39 is 0 Å². The van der Waals surface area contributed by atoms with Gasteiger partial charge in [0.05, 0.1) is 13.3 Å². The summed E-state index contributed by atoms with van der Waals surface area (Å²) >= 11 is 0. The van der Waals surface area contributed by atoms with Gasteiger partial charge in [0.15, 0.2) is 5.65 Å². The number of H-pyrrole nitrogens is 1. The number of nitrogens with one attached hydrogen (secondary N) is 1. The van der Waals surface area contributed by atoms with Gasteiger partial charge in [-0.2, -0.15) is 0 Å². The maximum absolute atomic E-state index is 6.09. The van der Waals surface area contributed by atoms with Crippen molar-refractivity contribution in [1.29, 1.82) is 0 Å². The van der Waals surface area contributed by atoms with Gasteiger partial charge in [-0.25, -0.2) is 9.97 Å². The highest BCUT2D eigenvalue weighted by Crippen LogP contribution is 2.37. The molecule has 0 unspecified atom stereocenters. The van der Waals surface area contributed by atoms with Crippen LogP contribution in [0.5, 0.6) is 5.88 Å².